The molecule has 4 aromatic rings. The lowest BCUT2D eigenvalue weighted by Crippen LogP contribution is -2.33. The molecule has 0 saturated heterocycles. The number of methoxy groups -OCH3 is 1. The molecule has 0 aliphatic carbocycles. The molecule has 0 fully saturated rings. The minimum Gasteiger partial charge on any atom is -0.497 e. The third-order valence-electron chi connectivity index (χ3n) is 5.39. The molecule has 0 amide bonds. The number of aliphatic carboxylic acids is 1. The smallest absolute Gasteiger partial charge is 0.305 e. The van der Waals surface area contributed by atoms with Crippen LogP contribution in [0.5, 0.6) is 5.75 Å². The van der Waals surface area contributed by atoms with Crippen molar-refractivity contribution in [1.29, 1.82) is 0 Å². The summed E-state index contributed by atoms with van der Waals surface area (Å²) >= 11 is 6.32. The van der Waals surface area contributed by atoms with Crippen molar-refractivity contribution >= 4 is 61.7 Å². The number of carboxylic acids is 1. The molecule has 0 aliphatic rings. The summed E-state index contributed by atoms with van der Waals surface area (Å²) in [5.74, 6) is -1.50. The fraction of sp³-hybridized carbons (Fsp3) is 0.120. The van der Waals surface area contributed by atoms with E-state index in [9.17, 15) is 18.0 Å². The van der Waals surface area contributed by atoms with Crippen molar-refractivity contribution in [3.05, 3.63) is 77.3 Å². The Kier molecular flexibility index (Phi) is 7.76. The highest BCUT2D eigenvalue weighted by Gasteiger charge is 2.23. The van der Waals surface area contributed by atoms with Crippen molar-refractivity contribution in [3.63, 3.8) is 0 Å². The Morgan fingerprint density at radius 3 is 2.37 bits per heavy atom. The minimum absolute atomic E-state index is 0.0484. The molecule has 1 aromatic heterocycles. The van der Waals surface area contributed by atoms with E-state index < -0.39 is 34.2 Å². The number of para-hydroxylation sites is 2. The third-order valence-corrected chi connectivity index (χ3v) is 7.05. The quantitative estimate of drug-likeness (QED) is 0.210. The molecule has 1 atom stereocenters. The summed E-state index contributed by atoms with van der Waals surface area (Å²) in [7, 11) is -2.79. The fourth-order valence-corrected chi connectivity index (χ4v) is 4.73. The molecular weight excluding hydrogens is 534 g/mol. The lowest BCUT2D eigenvalue weighted by molar-refractivity contribution is -0.137. The molecule has 1 unspecified atom stereocenters. The van der Waals surface area contributed by atoms with Crippen LogP contribution in [-0.2, 0) is 14.8 Å². The normalized spacial score (nSPS) is 12.1. The maximum atomic E-state index is 13.3. The zero-order chi connectivity index (χ0) is 27.4. The van der Waals surface area contributed by atoms with Gasteiger partial charge in [0, 0.05) is 11.6 Å². The third kappa shape index (κ3) is 5.99. The van der Waals surface area contributed by atoms with Gasteiger partial charge in [0.2, 0.25) is 0 Å². The number of halogens is 1. The van der Waals surface area contributed by atoms with Gasteiger partial charge in [-0.1, -0.05) is 35.9 Å². The highest BCUT2D eigenvalue weighted by molar-refractivity contribution is 7.92. The van der Waals surface area contributed by atoms with Crippen molar-refractivity contribution in [2.24, 2.45) is 5.73 Å². The molecular formula is C25H22ClN5O6S. The molecule has 3 aromatic carbocycles. The number of nitrogens with one attached hydrogen (secondary N) is 2. The first-order valence-corrected chi connectivity index (χ1v) is 13.0. The van der Waals surface area contributed by atoms with Gasteiger partial charge in [-0.15, -0.1) is 0 Å². The van der Waals surface area contributed by atoms with E-state index in [2.05, 4.69) is 20.0 Å². The molecule has 38 heavy (non-hydrogen) atoms. The molecule has 0 saturated carbocycles. The second-order valence-electron chi connectivity index (χ2n) is 8.08. The Balaban J connectivity index is 1.72. The number of nitrogens with zero attached hydrogens (tertiary/aromatic N) is 2. The van der Waals surface area contributed by atoms with E-state index in [1.165, 1.54) is 25.3 Å². The van der Waals surface area contributed by atoms with Crippen LogP contribution in [0.25, 0.3) is 11.0 Å². The first-order valence-electron chi connectivity index (χ1n) is 11.1. The predicted molar refractivity (Wildman–Crippen MR) is 143 cm³/mol. The van der Waals surface area contributed by atoms with E-state index in [4.69, 9.17) is 27.2 Å². The number of anilines is 3. The van der Waals surface area contributed by atoms with Gasteiger partial charge in [0.25, 0.3) is 10.0 Å². The SMILES string of the molecule is COc1ccc(Cl)c(Nc2nc3ccccc3nc2NS(=O)(=O)c2cccc(C(=O)C(N)CC(=O)O)c2)c1. The summed E-state index contributed by atoms with van der Waals surface area (Å²) in [5, 5.41) is 12.2. The van der Waals surface area contributed by atoms with E-state index in [0.29, 0.717) is 27.5 Å². The number of sulfonamides is 1. The molecule has 0 radical (unpaired) electrons. The molecule has 13 heteroatoms. The number of fused-ring (bicyclic) bond motifs is 1. The average Bonchev–Trinajstić information content (AvgIpc) is 2.89. The van der Waals surface area contributed by atoms with Crippen LogP contribution in [0.2, 0.25) is 5.02 Å². The molecule has 5 N–H and O–H groups in total. The lowest BCUT2D eigenvalue weighted by Gasteiger charge is -2.15. The maximum absolute atomic E-state index is 13.3. The molecule has 196 valence electrons. The second kappa shape index (κ2) is 11.0. The van der Waals surface area contributed by atoms with Crippen molar-refractivity contribution in [3.8, 4) is 5.75 Å². The number of ether oxygens (including phenoxy) is 1. The Bertz CT molecular complexity index is 1650. The standard InChI is InChI=1S/C25H22ClN5O6S/c1-37-15-9-10-17(26)21(12-15)30-24-25(29-20-8-3-2-7-19(20)28-24)31-38(35,36)16-6-4-5-14(11-16)23(34)18(27)13-22(32)33/h2-12,18H,13,27H2,1H3,(H,28,30)(H,29,31)(H,32,33). The second-order valence-corrected chi connectivity index (χ2v) is 10.2. The number of hydrogen-bond donors (Lipinski definition) is 4. The zero-order valence-electron chi connectivity index (χ0n) is 19.9. The van der Waals surface area contributed by atoms with Gasteiger partial charge in [0.15, 0.2) is 17.4 Å². The number of Topliss-reactive ketones (excluding diaryl/α,β-unsaturated/α-hetero) is 1. The highest BCUT2D eigenvalue weighted by atomic mass is 35.5. The Morgan fingerprint density at radius 2 is 1.71 bits per heavy atom. The van der Waals surface area contributed by atoms with E-state index in [-0.39, 0.29) is 22.1 Å². The zero-order valence-corrected chi connectivity index (χ0v) is 21.5. The minimum atomic E-state index is -4.28. The number of aromatic nitrogens is 2. The van der Waals surface area contributed by atoms with Gasteiger partial charge in [-0.3, -0.25) is 14.3 Å². The van der Waals surface area contributed by atoms with Gasteiger partial charge >= 0.3 is 5.97 Å². The van der Waals surface area contributed by atoms with E-state index >= 15 is 0 Å². The number of carbonyl (C=O) groups is 2. The lowest BCUT2D eigenvalue weighted by atomic mass is 10.0. The predicted octanol–water partition coefficient (Wildman–Crippen LogP) is 3.82. The Labute approximate surface area is 222 Å². The molecule has 1 heterocycles. The number of nitrogens with two attached hydrogens (primary N) is 1. The molecule has 0 spiro atoms. The monoisotopic (exact) mass is 555 g/mol. The van der Waals surface area contributed by atoms with Crippen LogP contribution in [-0.4, -0.2) is 48.4 Å². The summed E-state index contributed by atoms with van der Waals surface area (Å²) in [6, 6.07) is 15.6. The topological polar surface area (TPSA) is 174 Å². The Hall–Kier alpha value is -4.26. The van der Waals surface area contributed by atoms with Gasteiger partial charge in [-0.05, 0) is 36.4 Å². The van der Waals surface area contributed by atoms with Crippen molar-refractivity contribution < 1.29 is 27.9 Å². The number of rotatable bonds is 10. The van der Waals surface area contributed by atoms with Crippen molar-refractivity contribution in [1.82, 2.24) is 9.97 Å². The van der Waals surface area contributed by atoms with Gasteiger partial charge < -0.3 is 20.9 Å². The molecule has 4 rings (SSSR count). The van der Waals surface area contributed by atoms with Crippen LogP contribution in [0.4, 0.5) is 17.3 Å². The van der Waals surface area contributed by atoms with E-state index in [0.717, 1.165) is 6.07 Å². The first kappa shape index (κ1) is 26.8. The van der Waals surface area contributed by atoms with E-state index in [1.54, 1.807) is 42.5 Å². The van der Waals surface area contributed by atoms with Crippen molar-refractivity contribution in [2.45, 2.75) is 17.4 Å². The summed E-state index contributed by atoms with van der Waals surface area (Å²) < 4.78 is 34.3. The maximum Gasteiger partial charge on any atom is 0.305 e. The van der Waals surface area contributed by atoms with Gasteiger partial charge in [0.1, 0.15) is 5.75 Å². The van der Waals surface area contributed by atoms with Crippen LogP contribution in [0.15, 0.2) is 71.6 Å². The average molecular weight is 556 g/mol. The van der Waals surface area contributed by atoms with Crippen LogP contribution >= 0.6 is 11.6 Å². The molecule has 0 aliphatic heterocycles. The molecule has 11 nitrogen and oxygen atoms in total. The summed E-state index contributed by atoms with van der Waals surface area (Å²) in [6.07, 6.45) is -0.595. The number of benzene rings is 3. The van der Waals surface area contributed by atoms with Crippen LogP contribution in [0.1, 0.15) is 16.8 Å². The van der Waals surface area contributed by atoms with Crippen LogP contribution in [0.3, 0.4) is 0 Å². The number of carbonyl (C=O) groups excluding carboxylic acids is 1. The Morgan fingerprint density at radius 1 is 1.03 bits per heavy atom. The van der Waals surface area contributed by atoms with Crippen LogP contribution in [0, 0.1) is 0 Å². The largest absolute Gasteiger partial charge is 0.497 e. The molecule has 0 bridgehead atoms. The van der Waals surface area contributed by atoms with Gasteiger partial charge in [-0.2, -0.15) is 0 Å². The van der Waals surface area contributed by atoms with E-state index in [1.807, 2.05) is 0 Å². The number of carboxylic acid groups (broad SMARTS) is 1. The summed E-state index contributed by atoms with van der Waals surface area (Å²) in [6.45, 7) is 0. The van der Waals surface area contributed by atoms with Gasteiger partial charge in [-0.25, -0.2) is 18.4 Å². The van der Waals surface area contributed by atoms with Gasteiger partial charge in [0.05, 0.1) is 46.2 Å². The highest BCUT2D eigenvalue weighted by Crippen LogP contribution is 2.32. The fourth-order valence-electron chi connectivity index (χ4n) is 3.51. The van der Waals surface area contributed by atoms with Crippen LogP contribution < -0.4 is 20.5 Å². The summed E-state index contributed by atoms with van der Waals surface area (Å²) in [5.41, 5.74) is 6.94. The number of hydrogen-bond acceptors (Lipinski definition) is 9. The first-order chi connectivity index (χ1) is 18.1. The van der Waals surface area contributed by atoms with Crippen molar-refractivity contribution in [2.75, 3.05) is 17.1 Å². The summed E-state index contributed by atoms with van der Waals surface area (Å²) in [4.78, 5) is 32.2. The number of ketones is 1.